The molecule has 0 spiro atoms. The molecular formula is C16H24FN. The molecule has 0 aliphatic heterocycles. The molecule has 0 aromatic heterocycles. The Morgan fingerprint density at radius 3 is 2.61 bits per heavy atom. The van der Waals surface area contributed by atoms with Crippen molar-refractivity contribution in [1.82, 2.24) is 0 Å². The molecule has 2 N–H and O–H groups in total. The van der Waals surface area contributed by atoms with Crippen LogP contribution in [0.2, 0.25) is 0 Å². The van der Waals surface area contributed by atoms with Crippen LogP contribution in [-0.2, 0) is 0 Å². The zero-order valence-corrected chi connectivity index (χ0v) is 11.4. The highest BCUT2D eigenvalue weighted by Crippen LogP contribution is 2.43. The molecule has 0 bridgehead atoms. The Balaban J connectivity index is 2.24. The molecule has 0 heterocycles. The first-order valence-electron chi connectivity index (χ1n) is 7.08. The highest BCUT2D eigenvalue weighted by molar-refractivity contribution is 5.23. The van der Waals surface area contributed by atoms with Crippen LogP contribution in [0.15, 0.2) is 24.3 Å². The van der Waals surface area contributed by atoms with Crippen molar-refractivity contribution in [3.63, 3.8) is 0 Å². The van der Waals surface area contributed by atoms with E-state index in [1.54, 1.807) is 12.1 Å². The van der Waals surface area contributed by atoms with Gasteiger partial charge in [0, 0.05) is 0 Å². The van der Waals surface area contributed by atoms with Crippen LogP contribution in [0, 0.1) is 23.6 Å². The average Bonchev–Trinajstić information content (AvgIpc) is 2.38. The Labute approximate surface area is 110 Å². The molecule has 0 radical (unpaired) electrons. The average molecular weight is 249 g/mol. The summed E-state index contributed by atoms with van der Waals surface area (Å²) in [5.41, 5.74) is 6.75. The maximum atomic E-state index is 14.0. The standard InChI is InChI=1S/C16H24FN/c1-11(2)12-7-8-13(10-18)15(9-12)14-5-3-4-6-16(14)17/h3-6,11-13,15H,7-10,18H2,1-2H3. The van der Waals surface area contributed by atoms with Crippen LogP contribution in [0.5, 0.6) is 0 Å². The fourth-order valence-electron chi connectivity index (χ4n) is 3.31. The minimum atomic E-state index is -0.0645. The molecule has 0 saturated heterocycles. The van der Waals surface area contributed by atoms with Crippen molar-refractivity contribution < 1.29 is 4.39 Å². The van der Waals surface area contributed by atoms with Crippen molar-refractivity contribution in [3.05, 3.63) is 35.6 Å². The predicted molar refractivity (Wildman–Crippen MR) is 73.9 cm³/mol. The minimum absolute atomic E-state index is 0.0645. The zero-order chi connectivity index (χ0) is 13.1. The highest BCUT2D eigenvalue weighted by Gasteiger charge is 2.33. The van der Waals surface area contributed by atoms with Crippen LogP contribution in [0.3, 0.4) is 0 Å². The first kappa shape index (κ1) is 13.5. The monoisotopic (exact) mass is 249 g/mol. The summed E-state index contributed by atoms with van der Waals surface area (Å²) in [5, 5.41) is 0. The van der Waals surface area contributed by atoms with Crippen molar-refractivity contribution in [2.24, 2.45) is 23.5 Å². The molecule has 1 fully saturated rings. The molecule has 1 aromatic carbocycles. The lowest BCUT2D eigenvalue weighted by atomic mass is 9.68. The fourth-order valence-corrected chi connectivity index (χ4v) is 3.31. The smallest absolute Gasteiger partial charge is 0.126 e. The molecule has 1 aliphatic carbocycles. The van der Waals surface area contributed by atoms with E-state index < -0.39 is 0 Å². The van der Waals surface area contributed by atoms with Gasteiger partial charge in [-0.25, -0.2) is 4.39 Å². The van der Waals surface area contributed by atoms with Crippen LogP contribution >= 0.6 is 0 Å². The van der Waals surface area contributed by atoms with Gasteiger partial charge in [-0.3, -0.25) is 0 Å². The number of halogens is 1. The maximum Gasteiger partial charge on any atom is 0.126 e. The van der Waals surface area contributed by atoms with Gasteiger partial charge in [0.25, 0.3) is 0 Å². The molecule has 0 amide bonds. The van der Waals surface area contributed by atoms with E-state index in [0.29, 0.717) is 30.2 Å². The topological polar surface area (TPSA) is 26.0 Å². The second kappa shape index (κ2) is 5.83. The Morgan fingerprint density at radius 2 is 2.00 bits per heavy atom. The van der Waals surface area contributed by atoms with E-state index in [1.165, 1.54) is 6.42 Å². The molecule has 1 aromatic rings. The molecule has 100 valence electrons. The van der Waals surface area contributed by atoms with Crippen LogP contribution in [-0.4, -0.2) is 6.54 Å². The Kier molecular flexibility index (Phi) is 4.39. The lowest BCUT2D eigenvalue weighted by molar-refractivity contribution is 0.195. The third-order valence-electron chi connectivity index (χ3n) is 4.58. The van der Waals surface area contributed by atoms with Gasteiger partial charge >= 0.3 is 0 Å². The number of nitrogens with two attached hydrogens (primary N) is 1. The van der Waals surface area contributed by atoms with E-state index in [9.17, 15) is 4.39 Å². The first-order chi connectivity index (χ1) is 8.63. The van der Waals surface area contributed by atoms with Crippen molar-refractivity contribution in [3.8, 4) is 0 Å². The van der Waals surface area contributed by atoms with Gasteiger partial charge in [0.2, 0.25) is 0 Å². The highest BCUT2D eigenvalue weighted by atomic mass is 19.1. The van der Waals surface area contributed by atoms with Gasteiger partial charge in [0.15, 0.2) is 0 Å². The summed E-state index contributed by atoms with van der Waals surface area (Å²) in [6.45, 7) is 5.21. The lowest BCUT2D eigenvalue weighted by Crippen LogP contribution is -2.31. The number of rotatable bonds is 3. The lowest BCUT2D eigenvalue weighted by Gasteiger charge is -2.37. The largest absolute Gasteiger partial charge is 0.330 e. The first-order valence-corrected chi connectivity index (χ1v) is 7.08. The van der Waals surface area contributed by atoms with E-state index in [0.717, 1.165) is 18.4 Å². The van der Waals surface area contributed by atoms with E-state index in [-0.39, 0.29) is 5.82 Å². The van der Waals surface area contributed by atoms with Crippen LogP contribution < -0.4 is 5.73 Å². The van der Waals surface area contributed by atoms with Crippen LogP contribution in [0.1, 0.15) is 44.6 Å². The van der Waals surface area contributed by atoms with Crippen LogP contribution in [0.25, 0.3) is 0 Å². The molecule has 1 aliphatic rings. The molecule has 1 nitrogen and oxygen atoms in total. The van der Waals surface area contributed by atoms with E-state index in [2.05, 4.69) is 13.8 Å². The molecule has 3 unspecified atom stereocenters. The third-order valence-corrected chi connectivity index (χ3v) is 4.58. The molecule has 18 heavy (non-hydrogen) atoms. The number of hydrogen-bond acceptors (Lipinski definition) is 1. The van der Waals surface area contributed by atoms with E-state index in [4.69, 9.17) is 5.73 Å². The Bertz CT molecular complexity index is 388. The zero-order valence-electron chi connectivity index (χ0n) is 11.4. The summed E-state index contributed by atoms with van der Waals surface area (Å²) < 4.78 is 14.0. The van der Waals surface area contributed by atoms with Gasteiger partial charge in [-0.1, -0.05) is 32.0 Å². The summed E-state index contributed by atoms with van der Waals surface area (Å²) in [6, 6.07) is 7.21. The Hall–Kier alpha value is -0.890. The molecule has 1 saturated carbocycles. The van der Waals surface area contributed by atoms with Crippen molar-refractivity contribution in [2.75, 3.05) is 6.54 Å². The van der Waals surface area contributed by atoms with Crippen molar-refractivity contribution >= 4 is 0 Å². The molecule has 3 atom stereocenters. The SMILES string of the molecule is CC(C)C1CCC(CN)C(c2ccccc2F)C1. The molecular weight excluding hydrogens is 225 g/mol. The second-order valence-electron chi connectivity index (χ2n) is 5.94. The quantitative estimate of drug-likeness (QED) is 0.862. The van der Waals surface area contributed by atoms with E-state index in [1.807, 2.05) is 12.1 Å². The summed E-state index contributed by atoms with van der Waals surface area (Å²) in [5.74, 6) is 2.06. The van der Waals surface area contributed by atoms with Crippen molar-refractivity contribution in [1.29, 1.82) is 0 Å². The molecule has 2 rings (SSSR count). The maximum absolute atomic E-state index is 14.0. The van der Waals surface area contributed by atoms with Gasteiger partial charge < -0.3 is 5.73 Å². The predicted octanol–water partition coefficient (Wildman–Crippen LogP) is 3.94. The number of benzene rings is 1. The fraction of sp³-hybridized carbons (Fsp3) is 0.625. The van der Waals surface area contributed by atoms with Gasteiger partial charge in [0.1, 0.15) is 5.82 Å². The van der Waals surface area contributed by atoms with Gasteiger partial charge in [-0.15, -0.1) is 0 Å². The summed E-state index contributed by atoms with van der Waals surface area (Å²) in [4.78, 5) is 0. The van der Waals surface area contributed by atoms with Gasteiger partial charge in [-0.2, -0.15) is 0 Å². The number of hydrogen-bond donors (Lipinski definition) is 1. The normalized spacial score (nSPS) is 28.6. The summed E-state index contributed by atoms with van der Waals surface area (Å²) >= 11 is 0. The minimum Gasteiger partial charge on any atom is -0.330 e. The van der Waals surface area contributed by atoms with Gasteiger partial charge in [0.05, 0.1) is 0 Å². The molecule has 2 heteroatoms. The van der Waals surface area contributed by atoms with Gasteiger partial charge in [-0.05, 0) is 61.1 Å². The van der Waals surface area contributed by atoms with Crippen molar-refractivity contribution in [2.45, 2.75) is 39.0 Å². The third kappa shape index (κ3) is 2.74. The van der Waals surface area contributed by atoms with E-state index >= 15 is 0 Å². The second-order valence-corrected chi connectivity index (χ2v) is 5.94. The summed E-state index contributed by atoms with van der Waals surface area (Å²) in [6.07, 6.45) is 3.46. The summed E-state index contributed by atoms with van der Waals surface area (Å²) in [7, 11) is 0. The Morgan fingerprint density at radius 1 is 1.28 bits per heavy atom. The van der Waals surface area contributed by atoms with Crippen LogP contribution in [0.4, 0.5) is 4.39 Å².